The molecule has 0 unspecified atom stereocenters. The number of benzene rings is 1. The third-order valence-electron chi connectivity index (χ3n) is 3.86. The number of piperazine rings is 1. The van der Waals surface area contributed by atoms with Gasteiger partial charge in [-0.3, -0.25) is 9.80 Å². The first kappa shape index (κ1) is 15.3. The van der Waals surface area contributed by atoms with Gasteiger partial charge in [-0.05, 0) is 34.8 Å². The molecule has 2 aromatic rings. The van der Waals surface area contributed by atoms with E-state index in [0.29, 0.717) is 11.4 Å². The predicted molar refractivity (Wildman–Crippen MR) is 85.3 cm³/mol. The van der Waals surface area contributed by atoms with Crippen LogP contribution < -0.4 is 0 Å². The summed E-state index contributed by atoms with van der Waals surface area (Å²) >= 11 is 5.47. The van der Waals surface area contributed by atoms with E-state index in [1.54, 1.807) is 9.36 Å². The van der Waals surface area contributed by atoms with E-state index >= 15 is 0 Å². The fourth-order valence-corrected chi connectivity index (χ4v) is 2.82. The molecule has 1 aromatic carbocycles. The van der Waals surface area contributed by atoms with E-state index in [1.165, 1.54) is 0 Å². The van der Waals surface area contributed by atoms with Crippen LogP contribution in [0.4, 0.5) is 0 Å². The van der Waals surface area contributed by atoms with Crippen molar-refractivity contribution in [2.45, 2.75) is 6.67 Å². The summed E-state index contributed by atoms with van der Waals surface area (Å²) in [5, 5.41) is 17.3. The second kappa shape index (κ2) is 7.10. The molecule has 1 N–H and O–H groups in total. The van der Waals surface area contributed by atoms with Crippen molar-refractivity contribution < 1.29 is 5.11 Å². The first-order valence-corrected chi connectivity index (χ1v) is 7.82. The van der Waals surface area contributed by atoms with Crippen molar-refractivity contribution >= 4 is 12.2 Å². The summed E-state index contributed by atoms with van der Waals surface area (Å²) in [7, 11) is 0. The molecular weight excluding hydrogens is 300 g/mol. The van der Waals surface area contributed by atoms with Gasteiger partial charge in [-0.1, -0.05) is 18.2 Å². The quantitative estimate of drug-likeness (QED) is 0.803. The average Bonchev–Trinajstić information content (AvgIpc) is 2.91. The van der Waals surface area contributed by atoms with Gasteiger partial charge < -0.3 is 5.11 Å². The molecule has 0 amide bonds. The fourth-order valence-electron chi connectivity index (χ4n) is 2.58. The molecule has 1 aliphatic rings. The standard InChI is InChI=1S/C14H20N6OS/c21-11-10-17-6-8-18(9-7-17)12-19-14(22)20(16-15-19)13-4-2-1-3-5-13/h1-5,21H,6-12H2. The van der Waals surface area contributed by atoms with Gasteiger partial charge in [0.15, 0.2) is 0 Å². The molecule has 3 rings (SSSR count). The minimum Gasteiger partial charge on any atom is -0.395 e. The Morgan fingerprint density at radius 1 is 1.00 bits per heavy atom. The Labute approximate surface area is 134 Å². The average molecular weight is 320 g/mol. The first-order valence-electron chi connectivity index (χ1n) is 7.42. The van der Waals surface area contributed by atoms with E-state index < -0.39 is 0 Å². The van der Waals surface area contributed by atoms with Gasteiger partial charge in [0.05, 0.1) is 19.0 Å². The molecule has 1 saturated heterocycles. The van der Waals surface area contributed by atoms with Crippen LogP contribution in [0.25, 0.3) is 5.69 Å². The van der Waals surface area contributed by atoms with E-state index in [9.17, 15) is 0 Å². The minimum absolute atomic E-state index is 0.219. The number of nitrogens with zero attached hydrogens (tertiary/aromatic N) is 6. The van der Waals surface area contributed by atoms with E-state index in [1.807, 2.05) is 30.3 Å². The molecule has 8 heteroatoms. The van der Waals surface area contributed by atoms with Gasteiger partial charge in [0.25, 0.3) is 0 Å². The number of hydrogen-bond acceptors (Lipinski definition) is 6. The van der Waals surface area contributed by atoms with Crippen molar-refractivity contribution in [1.82, 2.24) is 29.6 Å². The molecule has 0 aliphatic carbocycles. The second-order valence-electron chi connectivity index (χ2n) is 5.33. The van der Waals surface area contributed by atoms with Crippen molar-refractivity contribution in [2.75, 3.05) is 39.3 Å². The smallest absolute Gasteiger partial charge is 0.221 e. The van der Waals surface area contributed by atoms with Crippen molar-refractivity contribution in [2.24, 2.45) is 0 Å². The van der Waals surface area contributed by atoms with Gasteiger partial charge in [-0.2, -0.15) is 4.68 Å². The molecule has 118 valence electrons. The van der Waals surface area contributed by atoms with Gasteiger partial charge in [0.2, 0.25) is 4.77 Å². The van der Waals surface area contributed by atoms with E-state index in [0.717, 1.165) is 38.4 Å². The molecule has 0 atom stereocenters. The van der Waals surface area contributed by atoms with Crippen LogP contribution in [0.1, 0.15) is 0 Å². The van der Waals surface area contributed by atoms with Crippen LogP contribution in [-0.2, 0) is 6.67 Å². The molecular formula is C14H20N6OS. The number of tetrazole rings is 1. The summed E-state index contributed by atoms with van der Waals surface area (Å²) in [4.78, 5) is 4.56. The maximum absolute atomic E-state index is 8.97. The summed E-state index contributed by atoms with van der Waals surface area (Å²) in [6, 6.07) is 9.79. The Morgan fingerprint density at radius 2 is 1.68 bits per heavy atom. The third kappa shape index (κ3) is 3.41. The molecule has 7 nitrogen and oxygen atoms in total. The highest BCUT2D eigenvalue weighted by atomic mass is 32.1. The number of β-amino-alcohol motifs (C(OH)–C–C–N with tert-alkyl or cyclic N) is 1. The SMILES string of the molecule is OCCN1CCN(Cn2nnn(-c3ccccc3)c2=S)CC1. The van der Waals surface area contributed by atoms with Crippen LogP contribution in [0.3, 0.4) is 0 Å². The van der Waals surface area contributed by atoms with E-state index in [-0.39, 0.29) is 6.61 Å². The fraction of sp³-hybridized carbons (Fsp3) is 0.500. The summed E-state index contributed by atoms with van der Waals surface area (Å²) < 4.78 is 4.03. The molecule has 0 bridgehead atoms. The molecule has 0 saturated carbocycles. The zero-order valence-electron chi connectivity index (χ0n) is 12.4. The van der Waals surface area contributed by atoms with Gasteiger partial charge in [-0.25, -0.2) is 4.68 Å². The van der Waals surface area contributed by atoms with Crippen LogP contribution in [0.15, 0.2) is 30.3 Å². The number of hydrogen-bond donors (Lipinski definition) is 1. The van der Waals surface area contributed by atoms with Gasteiger partial charge in [0.1, 0.15) is 0 Å². The second-order valence-corrected chi connectivity index (χ2v) is 5.70. The third-order valence-corrected chi connectivity index (χ3v) is 4.24. The summed E-state index contributed by atoms with van der Waals surface area (Å²) in [5.74, 6) is 0. The van der Waals surface area contributed by atoms with Crippen molar-refractivity contribution in [3.8, 4) is 5.69 Å². The molecule has 2 heterocycles. The highest BCUT2D eigenvalue weighted by Gasteiger charge is 2.17. The molecule has 1 aromatic heterocycles. The van der Waals surface area contributed by atoms with Gasteiger partial charge in [-0.15, -0.1) is 0 Å². The monoisotopic (exact) mass is 320 g/mol. The molecule has 0 radical (unpaired) electrons. The van der Waals surface area contributed by atoms with Crippen LogP contribution in [0, 0.1) is 4.77 Å². The lowest BCUT2D eigenvalue weighted by atomic mass is 10.3. The van der Waals surface area contributed by atoms with E-state index in [4.69, 9.17) is 17.3 Å². The number of aliphatic hydroxyl groups is 1. The maximum Gasteiger partial charge on any atom is 0.221 e. The number of aliphatic hydroxyl groups excluding tert-OH is 1. The Hall–Kier alpha value is -1.61. The zero-order valence-corrected chi connectivity index (χ0v) is 13.2. The lowest BCUT2D eigenvalue weighted by Gasteiger charge is -2.33. The molecule has 22 heavy (non-hydrogen) atoms. The van der Waals surface area contributed by atoms with Gasteiger partial charge >= 0.3 is 0 Å². The number of aromatic nitrogens is 4. The molecule has 1 fully saturated rings. The zero-order chi connectivity index (χ0) is 15.4. The first-order chi connectivity index (χ1) is 10.8. The summed E-state index contributed by atoms with van der Waals surface area (Å²) in [6.45, 7) is 5.42. The van der Waals surface area contributed by atoms with E-state index in [2.05, 4.69) is 20.2 Å². The van der Waals surface area contributed by atoms with Crippen LogP contribution >= 0.6 is 12.2 Å². The number of para-hydroxylation sites is 1. The number of rotatable bonds is 5. The predicted octanol–water partition coefficient (Wildman–Crippen LogP) is 0.366. The van der Waals surface area contributed by atoms with Crippen molar-refractivity contribution in [1.29, 1.82) is 0 Å². The maximum atomic E-state index is 8.97. The molecule has 1 aliphatic heterocycles. The molecule has 0 spiro atoms. The highest BCUT2D eigenvalue weighted by Crippen LogP contribution is 2.07. The lowest BCUT2D eigenvalue weighted by Crippen LogP contribution is -2.47. The van der Waals surface area contributed by atoms with Crippen LogP contribution in [0.5, 0.6) is 0 Å². The summed E-state index contributed by atoms with van der Waals surface area (Å²) in [6.07, 6.45) is 0. The minimum atomic E-state index is 0.219. The van der Waals surface area contributed by atoms with Crippen molar-refractivity contribution in [3.05, 3.63) is 35.1 Å². The Morgan fingerprint density at radius 3 is 2.36 bits per heavy atom. The highest BCUT2D eigenvalue weighted by molar-refractivity contribution is 7.71. The Bertz CT molecular complexity index is 647. The largest absolute Gasteiger partial charge is 0.395 e. The topological polar surface area (TPSA) is 62.4 Å². The summed E-state index contributed by atoms with van der Waals surface area (Å²) in [5.41, 5.74) is 0.923. The van der Waals surface area contributed by atoms with Crippen LogP contribution in [0.2, 0.25) is 0 Å². The Balaban J connectivity index is 1.65. The van der Waals surface area contributed by atoms with Gasteiger partial charge in [0, 0.05) is 32.7 Å². The van der Waals surface area contributed by atoms with Crippen molar-refractivity contribution in [3.63, 3.8) is 0 Å². The lowest BCUT2D eigenvalue weighted by molar-refractivity contribution is 0.0887. The normalized spacial score (nSPS) is 17.0. The Kier molecular flexibility index (Phi) is 4.94. The van der Waals surface area contributed by atoms with Crippen LogP contribution in [-0.4, -0.2) is 74.0 Å².